The highest BCUT2D eigenvalue weighted by molar-refractivity contribution is 7.92. The normalized spacial score (nSPS) is 15.0. The molecule has 0 spiro atoms. The molecule has 4 aromatic rings. The van der Waals surface area contributed by atoms with Gasteiger partial charge in [0.1, 0.15) is 5.82 Å². The predicted octanol–water partition coefficient (Wildman–Crippen LogP) is 4.79. The van der Waals surface area contributed by atoms with Crippen LogP contribution in [0.25, 0.3) is 10.1 Å². The molecule has 8 heteroatoms. The largest absolute Gasteiger partial charge is 0.353 e. The van der Waals surface area contributed by atoms with E-state index in [1.807, 2.05) is 37.3 Å². The summed E-state index contributed by atoms with van der Waals surface area (Å²) in [7, 11) is -1.98. The zero-order valence-electron chi connectivity index (χ0n) is 20.1. The first kappa shape index (κ1) is 23.8. The average Bonchev–Trinajstić information content (AvgIpc) is 3.32. The van der Waals surface area contributed by atoms with Crippen LogP contribution in [0.15, 0.2) is 77.7 Å². The quantitative estimate of drug-likeness (QED) is 0.361. The Morgan fingerprint density at radius 2 is 1.69 bits per heavy atom. The number of nitrogens with zero attached hydrogens (tertiary/aromatic N) is 4. The molecule has 0 aliphatic carbocycles. The summed E-state index contributed by atoms with van der Waals surface area (Å²) in [4.78, 5) is 5.16. The van der Waals surface area contributed by atoms with Crippen molar-refractivity contribution in [2.75, 3.05) is 49.0 Å². The van der Waals surface area contributed by atoms with Crippen LogP contribution in [0.3, 0.4) is 0 Å². The van der Waals surface area contributed by atoms with Gasteiger partial charge in [-0.25, -0.2) is 8.42 Å². The second kappa shape index (κ2) is 9.97. The minimum absolute atomic E-state index is 0.320. The monoisotopic (exact) mass is 506 g/mol. The van der Waals surface area contributed by atoms with E-state index in [0.717, 1.165) is 61.8 Å². The molecule has 1 aliphatic heterocycles. The second-order valence-corrected chi connectivity index (χ2v) is 11.8. The Morgan fingerprint density at radius 3 is 2.49 bits per heavy atom. The lowest BCUT2D eigenvalue weighted by Gasteiger charge is -2.35. The summed E-state index contributed by atoms with van der Waals surface area (Å²) in [5, 5.41) is 1.23. The molecule has 1 fully saturated rings. The Labute approximate surface area is 211 Å². The van der Waals surface area contributed by atoms with Gasteiger partial charge in [0.05, 0.1) is 15.3 Å². The first-order valence-electron chi connectivity index (χ1n) is 11.9. The fourth-order valence-corrected chi connectivity index (χ4v) is 6.79. The van der Waals surface area contributed by atoms with Crippen LogP contribution in [0.1, 0.15) is 11.1 Å². The van der Waals surface area contributed by atoms with Crippen molar-refractivity contribution in [2.24, 2.45) is 0 Å². The van der Waals surface area contributed by atoms with Gasteiger partial charge >= 0.3 is 0 Å². The van der Waals surface area contributed by atoms with Gasteiger partial charge in [-0.1, -0.05) is 42.5 Å². The molecule has 5 rings (SSSR count). The zero-order valence-corrected chi connectivity index (χ0v) is 21.7. The molecule has 35 heavy (non-hydrogen) atoms. The standard InChI is InChI=1S/C27H30N4O2S2/c1-21-8-7-10-23(20-21)35(32,33)29(2)25-12-5-3-9-22(25)14-15-30-16-18-31(19-17-30)27-24-11-4-6-13-26(24)34-28-27/h3-13,20H,14-19H2,1-2H3. The summed E-state index contributed by atoms with van der Waals surface area (Å²) in [6, 6.07) is 23.3. The number of benzene rings is 3. The number of piperazine rings is 1. The predicted molar refractivity (Wildman–Crippen MR) is 145 cm³/mol. The summed E-state index contributed by atoms with van der Waals surface area (Å²) >= 11 is 1.56. The van der Waals surface area contributed by atoms with Crippen molar-refractivity contribution in [1.82, 2.24) is 9.27 Å². The van der Waals surface area contributed by atoms with Crippen LogP contribution in [0.2, 0.25) is 0 Å². The fourth-order valence-electron chi connectivity index (χ4n) is 4.66. The highest BCUT2D eigenvalue weighted by atomic mass is 32.2. The molecule has 0 amide bonds. The third kappa shape index (κ3) is 4.91. The smallest absolute Gasteiger partial charge is 0.264 e. The second-order valence-electron chi connectivity index (χ2n) is 9.00. The SMILES string of the molecule is Cc1cccc(S(=O)(=O)N(C)c2ccccc2CCN2CCN(c3nsc4ccccc34)CC2)c1. The Hall–Kier alpha value is -2.94. The lowest BCUT2D eigenvalue weighted by Crippen LogP contribution is -2.47. The fraction of sp³-hybridized carbons (Fsp3) is 0.296. The Balaban J connectivity index is 1.24. The molecule has 0 saturated carbocycles. The van der Waals surface area contributed by atoms with Crippen molar-refractivity contribution in [1.29, 1.82) is 0 Å². The van der Waals surface area contributed by atoms with Crippen molar-refractivity contribution in [2.45, 2.75) is 18.2 Å². The lowest BCUT2D eigenvalue weighted by atomic mass is 10.1. The van der Waals surface area contributed by atoms with E-state index in [0.29, 0.717) is 4.90 Å². The first-order chi connectivity index (χ1) is 16.9. The van der Waals surface area contributed by atoms with Crippen LogP contribution in [0.5, 0.6) is 0 Å². The van der Waals surface area contributed by atoms with Crippen molar-refractivity contribution >= 4 is 43.1 Å². The summed E-state index contributed by atoms with van der Waals surface area (Å²) in [5.41, 5.74) is 2.71. The number of rotatable bonds is 7. The number of para-hydroxylation sites is 1. The van der Waals surface area contributed by atoms with Gasteiger partial charge in [0.25, 0.3) is 10.0 Å². The van der Waals surface area contributed by atoms with Gasteiger partial charge in [-0.15, -0.1) is 0 Å². The number of anilines is 2. The number of hydrogen-bond donors (Lipinski definition) is 0. The maximum Gasteiger partial charge on any atom is 0.264 e. The molecule has 0 N–H and O–H groups in total. The van der Waals surface area contributed by atoms with Crippen LogP contribution in [0.4, 0.5) is 11.5 Å². The van der Waals surface area contributed by atoms with Crippen LogP contribution >= 0.6 is 11.5 Å². The molecule has 2 heterocycles. The van der Waals surface area contributed by atoms with Gasteiger partial charge in [0.15, 0.2) is 0 Å². The minimum atomic E-state index is -3.62. The first-order valence-corrected chi connectivity index (χ1v) is 14.1. The number of fused-ring (bicyclic) bond motifs is 1. The molecule has 0 atom stereocenters. The van der Waals surface area contributed by atoms with Gasteiger partial charge in [0, 0.05) is 45.2 Å². The molecule has 1 aromatic heterocycles. The Bertz CT molecular complexity index is 1430. The van der Waals surface area contributed by atoms with E-state index in [9.17, 15) is 8.42 Å². The topological polar surface area (TPSA) is 56.8 Å². The number of sulfonamides is 1. The van der Waals surface area contributed by atoms with Crippen molar-refractivity contribution in [3.8, 4) is 0 Å². The van der Waals surface area contributed by atoms with Gasteiger partial charge in [-0.05, 0) is 66.3 Å². The maximum absolute atomic E-state index is 13.3. The molecule has 182 valence electrons. The van der Waals surface area contributed by atoms with Crippen LogP contribution in [-0.4, -0.2) is 57.5 Å². The average molecular weight is 507 g/mol. The third-order valence-electron chi connectivity index (χ3n) is 6.71. The van der Waals surface area contributed by atoms with Gasteiger partial charge in [0.2, 0.25) is 0 Å². The maximum atomic E-state index is 13.3. The van der Waals surface area contributed by atoms with Crippen molar-refractivity contribution < 1.29 is 8.42 Å². The highest BCUT2D eigenvalue weighted by Gasteiger charge is 2.24. The van der Waals surface area contributed by atoms with Crippen LogP contribution in [0, 0.1) is 6.92 Å². The summed E-state index contributed by atoms with van der Waals surface area (Å²) in [5.74, 6) is 1.10. The number of hydrogen-bond acceptors (Lipinski definition) is 6. The van der Waals surface area contributed by atoms with E-state index in [1.54, 1.807) is 36.8 Å². The Kier molecular flexibility index (Phi) is 6.77. The summed E-state index contributed by atoms with van der Waals surface area (Å²) in [6.07, 6.45) is 0.795. The Morgan fingerprint density at radius 1 is 0.943 bits per heavy atom. The van der Waals surface area contributed by atoms with Gasteiger partial charge in [-0.2, -0.15) is 4.37 Å². The van der Waals surface area contributed by atoms with E-state index in [4.69, 9.17) is 4.37 Å². The molecule has 6 nitrogen and oxygen atoms in total. The summed E-state index contributed by atoms with van der Waals surface area (Å²) in [6.45, 7) is 6.61. The summed E-state index contributed by atoms with van der Waals surface area (Å²) < 4.78 is 33.9. The molecular weight excluding hydrogens is 476 g/mol. The third-order valence-corrected chi connectivity index (χ3v) is 9.29. The molecule has 0 unspecified atom stereocenters. The van der Waals surface area contributed by atoms with E-state index < -0.39 is 10.0 Å². The molecule has 1 saturated heterocycles. The van der Waals surface area contributed by atoms with E-state index in [-0.39, 0.29) is 0 Å². The zero-order chi connectivity index (χ0) is 24.4. The number of aryl methyl sites for hydroxylation is 1. The van der Waals surface area contributed by atoms with Gasteiger partial charge < -0.3 is 4.90 Å². The van der Waals surface area contributed by atoms with Crippen LogP contribution < -0.4 is 9.21 Å². The highest BCUT2D eigenvalue weighted by Crippen LogP contribution is 2.30. The number of aromatic nitrogens is 1. The van der Waals surface area contributed by atoms with E-state index in [1.165, 1.54) is 14.4 Å². The van der Waals surface area contributed by atoms with Gasteiger partial charge in [-0.3, -0.25) is 9.21 Å². The molecule has 0 bridgehead atoms. The molecule has 1 aliphatic rings. The minimum Gasteiger partial charge on any atom is -0.353 e. The molecular formula is C27H30N4O2S2. The molecule has 0 radical (unpaired) electrons. The van der Waals surface area contributed by atoms with E-state index in [2.05, 4.69) is 34.1 Å². The molecule has 3 aromatic carbocycles. The van der Waals surface area contributed by atoms with Crippen molar-refractivity contribution in [3.05, 3.63) is 83.9 Å². The lowest BCUT2D eigenvalue weighted by molar-refractivity contribution is 0.261. The van der Waals surface area contributed by atoms with Crippen LogP contribution in [-0.2, 0) is 16.4 Å². The van der Waals surface area contributed by atoms with Crippen molar-refractivity contribution in [3.63, 3.8) is 0 Å². The van der Waals surface area contributed by atoms with E-state index >= 15 is 0 Å².